The quantitative estimate of drug-likeness (QED) is 0.890. The van der Waals surface area contributed by atoms with Gasteiger partial charge in [-0.3, -0.25) is 4.79 Å². The van der Waals surface area contributed by atoms with Crippen LogP contribution in [0.25, 0.3) is 0 Å². The van der Waals surface area contributed by atoms with E-state index < -0.39 is 10.0 Å². The Morgan fingerprint density at radius 3 is 2.62 bits per heavy atom. The largest absolute Gasteiger partial charge is 0.349 e. The first kappa shape index (κ1) is 15.5. The summed E-state index contributed by atoms with van der Waals surface area (Å²) in [6.45, 7) is 0.837. The zero-order valence-electron chi connectivity index (χ0n) is 11.7. The maximum Gasteiger partial charge on any atom is 0.251 e. The van der Waals surface area contributed by atoms with Gasteiger partial charge in [-0.05, 0) is 31.0 Å². The molecule has 0 aromatic heterocycles. The molecule has 0 aliphatic carbocycles. The molecule has 1 saturated heterocycles. The molecule has 1 amide bonds. The van der Waals surface area contributed by atoms with Crippen LogP contribution in [0.2, 0.25) is 0 Å². The zero-order valence-corrected chi connectivity index (χ0v) is 12.6. The number of sulfonamides is 1. The Hall–Kier alpha value is -1.91. The second kappa shape index (κ2) is 6.24. The van der Waals surface area contributed by atoms with Crippen molar-refractivity contribution < 1.29 is 13.2 Å². The fraction of sp³-hybridized carbons (Fsp3) is 0.429. The van der Waals surface area contributed by atoms with Crippen LogP contribution >= 0.6 is 0 Å². The van der Waals surface area contributed by atoms with Crippen LogP contribution in [0.15, 0.2) is 24.3 Å². The molecule has 1 fully saturated rings. The number of hydrogen-bond acceptors (Lipinski definition) is 4. The van der Waals surface area contributed by atoms with Gasteiger partial charge in [0.2, 0.25) is 10.0 Å². The van der Waals surface area contributed by atoms with E-state index in [2.05, 4.69) is 5.32 Å². The summed E-state index contributed by atoms with van der Waals surface area (Å²) in [6, 6.07) is 8.46. The first-order valence-corrected chi connectivity index (χ1v) is 8.51. The van der Waals surface area contributed by atoms with Gasteiger partial charge in [0.1, 0.15) is 0 Å². The highest BCUT2D eigenvalue weighted by molar-refractivity contribution is 7.88. The van der Waals surface area contributed by atoms with Gasteiger partial charge in [0, 0.05) is 24.7 Å². The molecule has 21 heavy (non-hydrogen) atoms. The first-order chi connectivity index (χ1) is 9.90. The molecule has 7 heteroatoms. The van der Waals surface area contributed by atoms with E-state index in [4.69, 9.17) is 5.26 Å². The molecular formula is C14H17N3O3S. The molecule has 6 nitrogen and oxygen atoms in total. The Morgan fingerprint density at radius 1 is 1.38 bits per heavy atom. The van der Waals surface area contributed by atoms with Crippen molar-refractivity contribution in [3.8, 4) is 6.07 Å². The Balaban J connectivity index is 1.94. The predicted octanol–water partition coefficient (Wildman–Crippen LogP) is 0.712. The van der Waals surface area contributed by atoms with E-state index in [0.29, 0.717) is 37.1 Å². The summed E-state index contributed by atoms with van der Waals surface area (Å²) in [4.78, 5) is 12.1. The van der Waals surface area contributed by atoms with Gasteiger partial charge in [0.25, 0.3) is 5.91 Å². The Kier molecular flexibility index (Phi) is 4.60. The number of rotatable bonds is 3. The summed E-state index contributed by atoms with van der Waals surface area (Å²) in [7, 11) is -3.15. The standard InChI is InChI=1S/C14H17N3O3S/c1-21(19,20)17-7-5-13(6-8-17)16-14(18)12-4-2-3-11(9-12)10-15/h2-4,9,13H,5-8H2,1H3,(H,16,18). The van der Waals surface area contributed by atoms with Crippen LogP contribution in [0.3, 0.4) is 0 Å². The minimum atomic E-state index is -3.15. The lowest BCUT2D eigenvalue weighted by Crippen LogP contribution is -2.46. The summed E-state index contributed by atoms with van der Waals surface area (Å²) in [6.07, 6.45) is 2.38. The number of benzene rings is 1. The van der Waals surface area contributed by atoms with Crippen molar-refractivity contribution in [2.75, 3.05) is 19.3 Å². The molecule has 1 aliphatic heterocycles. The number of amides is 1. The second-order valence-electron chi connectivity index (χ2n) is 5.10. The van der Waals surface area contributed by atoms with Crippen molar-refractivity contribution >= 4 is 15.9 Å². The van der Waals surface area contributed by atoms with Crippen molar-refractivity contribution in [3.63, 3.8) is 0 Å². The number of nitrogens with one attached hydrogen (secondary N) is 1. The maximum atomic E-state index is 12.1. The van der Waals surface area contributed by atoms with Crippen molar-refractivity contribution in [2.45, 2.75) is 18.9 Å². The van der Waals surface area contributed by atoms with Crippen molar-refractivity contribution in [1.29, 1.82) is 5.26 Å². The summed E-state index contributed by atoms with van der Waals surface area (Å²) in [5.74, 6) is -0.232. The molecule has 0 saturated carbocycles. The molecule has 2 rings (SSSR count). The summed E-state index contributed by atoms with van der Waals surface area (Å²) in [5, 5.41) is 11.7. The van der Waals surface area contributed by atoms with Crippen LogP contribution in [0.4, 0.5) is 0 Å². The zero-order chi connectivity index (χ0) is 15.5. The van der Waals surface area contributed by atoms with E-state index in [1.54, 1.807) is 24.3 Å². The van der Waals surface area contributed by atoms with E-state index in [0.717, 1.165) is 0 Å². The Labute approximate surface area is 124 Å². The minimum Gasteiger partial charge on any atom is -0.349 e. The molecule has 112 valence electrons. The molecule has 1 aliphatic rings. The summed E-state index contributed by atoms with van der Waals surface area (Å²) in [5.41, 5.74) is 0.883. The third-order valence-electron chi connectivity index (χ3n) is 3.51. The number of nitriles is 1. The number of hydrogen-bond donors (Lipinski definition) is 1. The van der Waals surface area contributed by atoms with Crippen LogP contribution in [0, 0.1) is 11.3 Å². The third-order valence-corrected chi connectivity index (χ3v) is 4.82. The molecule has 0 unspecified atom stereocenters. The van der Waals surface area contributed by atoms with Gasteiger partial charge in [-0.25, -0.2) is 12.7 Å². The van der Waals surface area contributed by atoms with Crippen LogP contribution in [-0.4, -0.2) is 44.0 Å². The molecule has 0 radical (unpaired) electrons. The van der Waals surface area contributed by atoms with Gasteiger partial charge in [0.15, 0.2) is 0 Å². The molecule has 1 aromatic rings. The van der Waals surface area contributed by atoms with Gasteiger partial charge in [-0.1, -0.05) is 6.07 Å². The molecule has 1 N–H and O–H groups in total. The lowest BCUT2D eigenvalue weighted by molar-refractivity contribution is 0.0924. The minimum absolute atomic E-state index is 0.0405. The van der Waals surface area contributed by atoms with Crippen LogP contribution in [-0.2, 0) is 10.0 Å². The lowest BCUT2D eigenvalue weighted by atomic mass is 10.1. The fourth-order valence-corrected chi connectivity index (χ4v) is 3.20. The second-order valence-corrected chi connectivity index (χ2v) is 7.08. The first-order valence-electron chi connectivity index (χ1n) is 6.66. The Morgan fingerprint density at radius 2 is 2.05 bits per heavy atom. The highest BCUT2D eigenvalue weighted by Crippen LogP contribution is 2.14. The van der Waals surface area contributed by atoms with Crippen molar-refractivity contribution in [2.24, 2.45) is 0 Å². The van der Waals surface area contributed by atoms with E-state index in [-0.39, 0.29) is 11.9 Å². The van der Waals surface area contributed by atoms with E-state index in [1.165, 1.54) is 10.6 Å². The predicted molar refractivity (Wildman–Crippen MR) is 78.1 cm³/mol. The average Bonchev–Trinajstić information content (AvgIpc) is 2.47. The SMILES string of the molecule is CS(=O)(=O)N1CCC(NC(=O)c2cccc(C#N)c2)CC1. The monoisotopic (exact) mass is 307 g/mol. The van der Waals surface area contributed by atoms with Gasteiger partial charge in [0.05, 0.1) is 17.9 Å². The number of nitrogens with zero attached hydrogens (tertiary/aromatic N) is 2. The summed E-state index contributed by atoms with van der Waals surface area (Å²) >= 11 is 0. The highest BCUT2D eigenvalue weighted by Gasteiger charge is 2.25. The lowest BCUT2D eigenvalue weighted by Gasteiger charge is -2.30. The molecule has 0 bridgehead atoms. The van der Waals surface area contributed by atoms with Crippen LogP contribution in [0.1, 0.15) is 28.8 Å². The van der Waals surface area contributed by atoms with Gasteiger partial charge in [-0.2, -0.15) is 5.26 Å². The van der Waals surface area contributed by atoms with Gasteiger partial charge >= 0.3 is 0 Å². The van der Waals surface area contributed by atoms with Gasteiger partial charge in [-0.15, -0.1) is 0 Å². The number of carbonyl (C=O) groups excluding carboxylic acids is 1. The number of carbonyl (C=O) groups is 1. The highest BCUT2D eigenvalue weighted by atomic mass is 32.2. The molecule has 1 heterocycles. The fourth-order valence-electron chi connectivity index (χ4n) is 2.33. The van der Waals surface area contributed by atoms with Crippen LogP contribution in [0.5, 0.6) is 0 Å². The van der Waals surface area contributed by atoms with Crippen molar-refractivity contribution in [3.05, 3.63) is 35.4 Å². The van der Waals surface area contributed by atoms with Crippen molar-refractivity contribution in [1.82, 2.24) is 9.62 Å². The Bertz CT molecular complexity index is 671. The van der Waals surface area contributed by atoms with E-state index in [1.807, 2.05) is 6.07 Å². The van der Waals surface area contributed by atoms with Gasteiger partial charge < -0.3 is 5.32 Å². The smallest absolute Gasteiger partial charge is 0.251 e. The third kappa shape index (κ3) is 4.03. The summed E-state index contributed by atoms with van der Waals surface area (Å²) < 4.78 is 24.3. The molecular weight excluding hydrogens is 290 g/mol. The average molecular weight is 307 g/mol. The van der Waals surface area contributed by atoms with Crippen LogP contribution < -0.4 is 5.32 Å². The molecule has 0 atom stereocenters. The normalized spacial score (nSPS) is 17.1. The maximum absolute atomic E-state index is 12.1. The van der Waals surface area contributed by atoms with E-state index in [9.17, 15) is 13.2 Å². The topological polar surface area (TPSA) is 90.3 Å². The molecule has 1 aromatic carbocycles. The number of piperidine rings is 1. The molecule has 0 spiro atoms. The van der Waals surface area contributed by atoms with E-state index >= 15 is 0 Å².